The molecule has 0 bridgehead atoms. The van der Waals surface area contributed by atoms with Crippen molar-refractivity contribution in [2.75, 3.05) is 13.2 Å². The van der Waals surface area contributed by atoms with Gasteiger partial charge in [0.05, 0.1) is 13.2 Å². The molecule has 14 atom stereocenters. The summed E-state index contributed by atoms with van der Waals surface area (Å²) in [5, 5.41) is 39.7. The van der Waals surface area contributed by atoms with Crippen LogP contribution in [-0.2, 0) is 28.6 Å². The maximum Gasteiger partial charge on any atom is 0.302 e. The van der Waals surface area contributed by atoms with E-state index in [4.69, 9.17) is 14.2 Å². The number of ether oxygens (including phenoxy) is 3. The third-order valence-electron chi connectivity index (χ3n) is 12.7. The van der Waals surface area contributed by atoms with Crippen molar-refractivity contribution >= 4 is 17.5 Å². The van der Waals surface area contributed by atoms with Crippen LogP contribution in [0.1, 0.15) is 92.4 Å². The first kappa shape index (κ1) is 34.6. The lowest BCUT2D eigenvalue weighted by atomic mass is 9.46. The van der Waals surface area contributed by atoms with Gasteiger partial charge in [-0.25, -0.2) is 0 Å². The van der Waals surface area contributed by atoms with Gasteiger partial charge in [-0.15, -0.1) is 0 Å². The Bertz CT molecular complexity index is 1150. The minimum Gasteiger partial charge on any atom is -0.462 e. The van der Waals surface area contributed by atoms with Crippen molar-refractivity contribution in [2.45, 2.75) is 129 Å². The number of hydrogen-bond donors (Lipinski definition) is 4. The molecule has 10 heteroatoms. The van der Waals surface area contributed by atoms with E-state index in [-0.39, 0.29) is 58.8 Å². The molecule has 1 saturated heterocycles. The Balaban J connectivity index is 1.23. The van der Waals surface area contributed by atoms with Gasteiger partial charge in [0, 0.05) is 31.6 Å². The van der Waals surface area contributed by atoms with Gasteiger partial charge in [-0.05, 0) is 85.5 Å². The molecule has 0 radical (unpaired) electrons. The number of esters is 1. The molecule has 254 valence electrons. The van der Waals surface area contributed by atoms with Gasteiger partial charge in [-0.2, -0.15) is 0 Å². The molecule has 3 saturated carbocycles. The summed E-state index contributed by atoms with van der Waals surface area (Å²) in [5.41, 5.74) is 1.24. The van der Waals surface area contributed by atoms with E-state index in [2.05, 4.69) is 13.8 Å². The summed E-state index contributed by atoms with van der Waals surface area (Å²) < 4.78 is 17.1. The summed E-state index contributed by atoms with van der Waals surface area (Å²) in [7, 11) is 0. The second-order valence-corrected chi connectivity index (χ2v) is 15.4. The van der Waals surface area contributed by atoms with Crippen LogP contribution in [-0.4, -0.2) is 88.0 Å². The maximum atomic E-state index is 13.8. The highest BCUT2D eigenvalue weighted by Crippen LogP contribution is 2.68. The van der Waals surface area contributed by atoms with Crippen molar-refractivity contribution < 1.29 is 49.0 Å². The summed E-state index contributed by atoms with van der Waals surface area (Å²) in [5.74, 6) is 0.969. The molecule has 4 aliphatic carbocycles. The summed E-state index contributed by atoms with van der Waals surface area (Å²) in [6.45, 7) is 9.69. The molecule has 4 fully saturated rings. The predicted octanol–water partition coefficient (Wildman–Crippen LogP) is 3.11. The van der Waals surface area contributed by atoms with E-state index in [0.29, 0.717) is 37.0 Å². The minimum absolute atomic E-state index is 0.0441. The molecule has 1 heterocycles. The van der Waals surface area contributed by atoms with Crippen LogP contribution in [0, 0.1) is 46.3 Å². The number of rotatable bonds is 10. The Morgan fingerprint density at radius 2 is 1.78 bits per heavy atom. The first-order chi connectivity index (χ1) is 21.2. The summed E-state index contributed by atoms with van der Waals surface area (Å²) in [4.78, 5) is 38.3. The molecular formula is C35H54O10. The summed E-state index contributed by atoms with van der Waals surface area (Å²) in [6, 6.07) is 0. The lowest BCUT2D eigenvalue weighted by Gasteiger charge is -2.58. The van der Waals surface area contributed by atoms with Crippen LogP contribution in [0.2, 0.25) is 0 Å². The van der Waals surface area contributed by atoms with Gasteiger partial charge in [0.15, 0.2) is 12.1 Å². The van der Waals surface area contributed by atoms with E-state index >= 15 is 0 Å². The van der Waals surface area contributed by atoms with E-state index in [0.717, 1.165) is 38.5 Å². The van der Waals surface area contributed by atoms with Crippen LogP contribution >= 0.6 is 0 Å². The number of carbonyl (C=O) groups excluding carboxylic acids is 3. The topological polar surface area (TPSA) is 160 Å². The van der Waals surface area contributed by atoms with Crippen LogP contribution < -0.4 is 0 Å². The van der Waals surface area contributed by atoms with Crippen LogP contribution in [0.15, 0.2) is 11.6 Å². The van der Waals surface area contributed by atoms with Gasteiger partial charge in [-0.1, -0.05) is 33.3 Å². The van der Waals surface area contributed by atoms with E-state index < -0.39 is 37.3 Å². The summed E-state index contributed by atoms with van der Waals surface area (Å²) >= 11 is 0. The van der Waals surface area contributed by atoms with E-state index in [1.165, 1.54) is 12.5 Å². The third kappa shape index (κ3) is 6.44. The molecule has 1 aliphatic heterocycles. The van der Waals surface area contributed by atoms with Crippen molar-refractivity contribution in [1.29, 1.82) is 0 Å². The predicted molar refractivity (Wildman–Crippen MR) is 163 cm³/mol. The average Bonchev–Trinajstić information content (AvgIpc) is 3.29. The van der Waals surface area contributed by atoms with Gasteiger partial charge >= 0.3 is 5.97 Å². The lowest BCUT2D eigenvalue weighted by Crippen LogP contribution is -2.59. The number of fused-ring (bicyclic) bond motifs is 5. The number of allylic oxidation sites excluding steroid dienone is 1. The van der Waals surface area contributed by atoms with Gasteiger partial charge < -0.3 is 34.6 Å². The second-order valence-electron chi connectivity index (χ2n) is 15.4. The number of ketones is 2. The molecule has 5 rings (SSSR count). The monoisotopic (exact) mass is 634 g/mol. The fourth-order valence-corrected chi connectivity index (χ4v) is 10.2. The number of Topliss-reactive ketones (excluding diaryl/α,β-unsaturated/α-hetero) is 1. The molecule has 0 aromatic carbocycles. The third-order valence-corrected chi connectivity index (χ3v) is 12.7. The molecular weight excluding hydrogens is 580 g/mol. The fourth-order valence-electron chi connectivity index (χ4n) is 10.2. The molecule has 45 heavy (non-hydrogen) atoms. The quantitative estimate of drug-likeness (QED) is 0.263. The normalized spacial score (nSPS) is 44.2. The largest absolute Gasteiger partial charge is 0.462 e. The SMILES string of the molecule is CC(=O)OC1CC2C3CCC4=CC(=O)CCC4(C)C3CCC2(C)C1C(C)C(=O)CCC(C)COC1OC(CO)C(O)C(O)C1O. The van der Waals surface area contributed by atoms with Gasteiger partial charge in [-0.3, -0.25) is 14.4 Å². The molecule has 4 N–H and O–H groups in total. The molecule has 0 spiro atoms. The van der Waals surface area contributed by atoms with E-state index in [9.17, 15) is 34.8 Å². The Morgan fingerprint density at radius 1 is 1.04 bits per heavy atom. The van der Waals surface area contributed by atoms with Crippen molar-refractivity contribution in [2.24, 2.45) is 46.3 Å². The van der Waals surface area contributed by atoms with Crippen molar-refractivity contribution in [3.05, 3.63) is 11.6 Å². The molecule has 5 aliphatic rings. The van der Waals surface area contributed by atoms with Crippen molar-refractivity contribution in [3.63, 3.8) is 0 Å². The smallest absolute Gasteiger partial charge is 0.302 e. The fraction of sp³-hybridized carbons (Fsp3) is 0.857. The van der Waals surface area contributed by atoms with E-state index in [1.54, 1.807) is 0 Å². The Labute approximate surface area is 266 Å². The standard InChI is InChI=1S/C35H54O10/c1-18(17-43-33-32(42)31(41)30(40)28(16-36)45-33)6-9-26(39)19(2)29-27(44-20(3)37)15-25-23-8-7-21-14-22(38)10-12-34(21,4)24(23)11-13-35(25,29)5/h14,18-19,23-25,27-33,36,40-42H,6-13,15-17H2,1-5H3. The van der Waals surface area contributed by atoms with Crippen LogP contribution in [0.5, 0.6) is 0 Å². The first-order valence-corrected chi connectivity index (χ1v) is 17.1. The highest BCUT2D eigenvalue weighted by Gasteiger charge is 2.63. The van der Waals surface area contributed by atoms with Gasteiger partial charge in [0.2, 0.25) is 0 Å². The molecule has 0 aromatic rings. The molecule has 0 aromatic heterocycles. The Kier molecular flexibility index (Phi) is 10.3. The zero-order valence-corrected chi connectivity index (χ0v) is 27.5. The van der Waals surface area contributed by atoms with E-state index in [1.807, 2.05) is 19.9 Å². The van der Waals surface area contributed by atoms with Crippen LogP contribution in [0.25, 0.3) is 0 Å². The van der Waals surface area contributed by atoms with Gasteiger partial charge in [0.1, 0.15) is 36.3 Å². The zero-order chi connectivity index (χ0) is 32.8. The second kappa shape index (κ2) is 13.4. The number of aliphatic hydroxyl groups is 4. The van der Waals surface area contributed by atoms with Crippen LogP contribution in [0.4, 0.5) is 0 Å². The average molecular weight is 635 g/mol. The summed E-state index contributed by atoms with van der Waals surface area (Å²) in [6.07, 6.45) is 2.14. The molecule has 0 amide bonds. The Hall–Kier alpha value is -1.69. The number of aliphatic hydroxyl groups excluding tert-OH is 4. The highest BCUT2D eigenvalue weighted by molar-refractivity contribution is 5.91. The lowest BCUT2D eigenvalue weighted by molar-refractivity contribution is -0.303. The molecule has 14 unspecified atom stereocenters. The first-order valence-electron chi connectivity index (χ1n) is 17.1. The van der Waals surface area contributed by atoms with Crippen molar-refractivity contribution in [3.8, 4) is 0 Å². The number of hydrogen-bond acceptors (Lipinski definition) is 10. The van der Waals surface area contributed by atoms with Gasteiger partial charge in [0.25, 0.3) is 0 Å². The maximum absolute atomic E-state index is 13.8. The minimum atomic E-state index is -1.50. The zero-order valence-electron chi connectivity index (χ0n) is 27.5. The number of carbonyl (C=O) groups is 3. The molecule has 10 nitrogen and oxygen atoms in total. The van der Waals surface area contributed by atoms with Crippen LogP contribution in [0.3, 0.4) is 0 Å². The van der Waals surface area contributed by atoms with Crippen molar-refractivity contribution in [1.82, 2.24) is 0 Å². The Morgan fingerprint density at radius 3 is 2.47 bits per heavy atom. The highest BCUT2D eigenvalue weighted by atomic mass is 16.7.